The van der Waals surface area contributed by atoms with Gasteiger partial charge in [-0.05, 0) is 53.9 Å². The van der Waals surface area contributed by atoms with Gasteiger partial charge >= 0.3 is 0 Å². The molecule has 0 amide bonds. The Balaban J connectivity index is 1.56. The van der Waals surface area contributed by atoms with E-state index in [2.05, 4.69) is 63.0 Å². The van der Waals surface area contributed by atoms with E-state index in [1.54, 1.807) is 0 Å². The lowest BCUT2D eigenvalue weighted by atomic mass is 10.0. The summed E-state index contributed by atoms with van der Waals surface area (Å²) in [5.74, 6) is 1.15. The van der Waals surface area contributed by atoms with Crippen LogP contribution >= 0.6 is 15.9 Å². The van der Waals surface area contributed by atoms with Gasteiger partial charge in [-0.15, -0.1) is 0 Å². The van der Waals surface area contributed by atoms with Crippen molar-refractivity contribution in [3.05, 3.63) is 46.4 Å². The monoisotopic (exact) mass is 343 g/mol. The van der Waals surface area contributed by atoms with Gasteiger partial charge < -0.3 is 10.6 Å². The summed E-state index contributed by atoms with van der Waals surface area (Å²) in [5, 5.41) is 9.66. The van der Waals surface area contributed by atoms with Gasteiger partial charge in [-0.25, -0.2) is 0 Å². The summed E-state index contributed by atoms with van der Waals surface area (Å²) in [5.41, 5.74) is 1.32. The molecule has 4 heteroatoms. The van der Waals surface area contributed by atoms with Gasteiger partial charge in [-0.3, -0.25) is 4.99 Å². The van der Waals surface area contributed by atoms with E-state index in [9.17, 15) is 0 Å². The number of hydrogen-bond acceptors (Lipinski definition) is 3. The molecule has 0 spiro atoms. The Bertz CT molecular complexity index is 704. The predicted octanol–water partition coefficient (Wildman–Crippen LogP) is 3.40. The summed E-state index contributed by atoms with van der Waals surface area (Å²) < 4.78 is 1.12. The first-order chi connectivity index (χ1) is 10.3. The molecule has 2 aliphatic rings. The van der Waals surface area contributed by atoms with E-state index in [-0.39, 0.29) is 0 Å². The van der Waals surface area contributed by atoms with Gasteiger partial charge in [0.25, 0.3) is 0 Å². The number of amidine groups is 1. The average Bonchev–Trinajstić information content (AvgIpc) is 3.17. The molecule has 1 fully saturated rings. The highest BCUT2D eigenvalue weighted by atomic mass is 79.9. The van der Waals surface area contributed by atoms with Crippen LogP contribution in [0, 0.1) is 0 Å². The summed E-state index contributed by atoms with van der Waals surface area (Å²) in [6.07, 6.45) is 2.45. The largest absolute Gasteiger partial charge is 0.364 e. The highest BCUT2D eigenvalue weighted by Crippen LogP contribution is 2.26. The van der Waals surface area contributed by atoms with Crippen molar-refractivity contribution in [1.82, 2.24) is 10.6 Å². The normalized spacial score (nSPS) is 25.1. The maximum Gasteiger partial charge on any atom is 0.114 e. The summed E-state index contributed by atoms with van der Waals surface area (Å²) >= 11 is 3.53. The second-order valence-electron chi connectivity index (χ2n) is 5.82. The summed E-state index contributed by atoms with van der Waals surface area (Å²) in [6.45, 7) is 1.95. The summed E-state index contributed by atoms with van der Waals surface area (Å²) in [4.78, 5) is 4.71. The van der Waals surface area contributed by atoms with Crippen LogP contribution in [-0.2, 0) is 0 Å². The third kappa shape index (κ3) is 2.58. The molecule has 0 aliphatic carbocycles. The first-order valence-electron chi connectivity index (χ1n) is 7.53. The smallest absolute Gasteiger partial charge is 0.114 e. The number of aliphatic imine (C=N–C) groups is 1. The summed E-state index contributed by atoms with van der Waals surface area (Å²) in [6, 6.07) is 13.9. The van der Waals surface area contributed by atoms with Crippen LogP contribution < -0.4 is 10.6 Å². The molecule has 0 aromatic heterocycles. The van der Waals surface area contributed by atoms with Crippen LogP contribution in [0.5, 0.6) is 0 Å². The standard InChI is InChI=1S/C17H18BrN3/c18-14-6-5-11-8-13(4-3-12(11)9-14)16-10-20-17(21-16)15-2-1-7-19-15/h3-6,8-9,15-16,19H,1-2,7,10H2,(H,20,21)/t15-,16?/m0/s1. The van der Waals surface area contributed by atoms with E-state index in [0.717, 1.165) is 23.4 Å². The number of hydrogen-bond donors (Lipinski definition) is 2. The van der Waals surface area contributed by atoms with Crippen molar-refractivity contribution < 1.29 is 0 Å². The van der Waals surface area contributed by atoms with E-state index in [4.69, 9.17) is 4.99 Å². The molecule has 1 unspecified atom stereocenters. The van der Waals surface area contributed by atoms with Gasteiger partial charge in [-0.1, -0.05) is 34.1 Å². The lowest BCUT2D eigenvalue weighted by molar-refractivity contribution is 0.681. The molecule has 4 rings (SSSR count). The van der Waals surface area contributed by atoms with Crippen LogP contribution in [0.4, 0.5) is 0 Å². The Morgan fingerprint density at radius 1 is 1.05 bits per heavy atom. The predicted molar refractivity (Wildman–Crippen MR) is 90.9 cm³/mol. The Morgan fingerprint density at radius 3 is 2.76 bits per heavy atom. The maximum atomic E-state index is 4.71. The molecule has 21 heavy (non-hydrogen) atoms. The quantitative estimate of drug-likeness (QED) is 0.876. The third-order valence-electron chi connectivity index (χ3n) is 4.39. The lowest BCUT2D eigenvalue weighted by Gasteiger charge is -2.16. The van der Waals surface area contributed by atoms with E-state index in [1.807, 2.05) is 0 Å². The SMILES string of the molecule is Brc1ccc2cc(C3CN=C([C@@H]4CCCN4)N3)ccc2c1. The Morgan fingerprint density at radius 2 is 1.90 bits per heavy atom. The van der Waals surface area contributed by atoms with Gasteiger partial charge in [0, 0.05) is 4.47 Å². The third-order valence-corrected chi connectivity index (χ3v) is 4.88. The van der Waals surface area contributed by atoms with Gasteiger partial charge in [0.05, 0.1) is 18.6 Å². The number of halogens is 1. The first kappa shape index (κ1) is 13.3. The Kier molecular flexibility index (Phi) is 3.43. The van der Waals surface area contributed by atoms with Crippen molar-refractivity contribution in [2.75, 3.05) is 13.1 Å². The van der Waals surface area contributed by atoms with Crippen LogP contribution in [0.15, 0.2) is 45.9 Å². The van der Waals surface area contributed by atoms with E-state index < -0.39 is 0 Å². The van der Waals surface area contributed by atoms with Crippen LogP contribution in [0.25, 0.3) is 10.8 Å². The zero-order valence-electron chi connectivity index (χ0n) is 11.8. The summed E-state index contributed by atoms with van der Waals surface area (Å²) in [7, 11) is 0. The number of benzene rings is 2. The minimum atomic E-state index is 0.315. The average molecular weight is 344 g/mol. The molecule has 0 radical (unpaired) electrons. The molecular weight excluding hydrogens is 326 g/mol. The number of nitrogens with one attached hydrogen (secondary N) is 2. The van der Waals surface area contributed by atoms with Crippen molar-refractivity contribution in [1.29, 1.82) is 0 Å². The Labute approximate surface area is 133 Å². The molecule has 2 aliphatic heterocycles. The van der Waals surface area contributed by atoms with Crippen LogP contribution in [0.1, 0.15) is 24.4 Å². The molecular formula is C17H18BrN3. The fourth-order valence-electron chi connectivity index (χ4n) is 3.23. The molecule has 0 bridgehead atoms. The van der Waals surface area contributed by atoms with E-state index in [1.165, 1.54) is 29.2 Å². The van der Waals surface area contributed by atoms with Crippen molar-refractivity contribution >= 4 is 32.5 Å². The van der Waals surface area contributed by atoms with Gasteiger partial charge in [0.2, 0.25) is 0 Å². The van der Waals surface area contributed by atoms with Crippen LogP contribution in [0.3, 0.4) is 0 Å². The zero-order valence-corrected chi connectivity index (χ0v) is 13.4. The molecule has 0 saturated carbocycles. The maximum absolute atomic E-state index is 4.71. The molecule has 1 saturated heterocycles. The van der Waals surface area contributed by atoms with E-state index in [0.29, 0.717) is 12.1 Å². The molecule has 2 aromatic rings. The minimum Gasteiger partial charge on any atom is -0.364 e. The number of fused-ring (bicyclic) bond motifs is 1. The van der Waals surface area contributed by atoms with Crippen LogP contribution in [0.2, 0.25) is 0 Å². The molecule has 2 heterocycles. The highest BCUT2D eigenvalue weighted by Gasteiger charge is 2.27. The topological polar surface area (TPSA) is 36.4 Å². The van der Waals surface area contributed by atoms with Crippen LogP contribution in [-0.4, -0.2) is 25.0 Å². The fraction of sp³-hybridized carbons (Fsp3) is 0.353. The number of nitrogens with zero attached hydrogens (tertiary/aromatic N) is 1. The molecule has 2 N–H and O–H groups in total. The molecule has 2 atom stereocenters. The second kappa shape index (κ2) is 5.43. The first-order valence-corrected chi connectivity index (χ1v) is 8.32. The second-order valence-corrected chi connectivity index (χ2v) is 6.74. The van der Waals surface area contributed by atoms with Crippen molar-refractivity contribution in [3.63, 3.8) is 0 Å². The molecule has 108 valence electrons. The van der Waals surface area contributed by atoms with Crippen molar-refractivity contribution in [3.8, 4) is 0 Å². The van der Waals surface area contributed by atoms with Gasteiger partial charge in [-0.2, -0.15) is 0 Å². The van der Waals surface area contributed by atoms with Crippen molar-refractivity contribution in [2.24, 2.45) is 4.99 Å². The van der Waals surface area contributed by atoms with E-state index >= 15 is 0 Å². The zero-order chi connectivity index (χ0) is 14.2. The molecule has 3 nitrogen and oxygen atoms in total. The number of rotatable bonds is 2. The minimum absolute atomic E-state index is 0.315. The highest BCUT2D eigenvalue weighted by molar-refractivity contribution is 9.10. The molecule has 2 aromatic carbocycles. The van der Waals surface area contributed by atoms with Crippen molar-refractivity contribution in [2.45, 2.75) is 24.9 Å². The fourth-order valence-corrected chi connectivity index (χ4v) is 3.61. The Hall–Kier alpha value is -1.39. The lowest BCUT2D eigenvalue weighted by Crippen LogP contribution is -2.38. The van der Waals surface area contributed by atoms with Gasteiger partial charge in [0.15, 0.2) is 0 Å². The van der Waals surface area contributed by atoms with Gasteiger partial charge in [0.1, 0.15) is 5.84 Å².